The lowest BCUT2D eigenvalue weighted by Gasteiger charge is -2.12. The highest BCUT2D eigenvalue weighted by Crippen LogP contribution is 2.30. The van der Waals surface area contributed by atoms with E-state index >= 15 is 0 Å². The topological polar surface area (TPSA) is 129 Å². The maximum atomic E-state index is 12.6. The van der Waals surface area contributed by atoms with Gasteiger partial charge in [0.15, 0.2) is 15.8 Å². The van der Waals surface area contributed by atoms with Gasteiger partial charge in [0.2, 0.25) is 11.0 Å². The Morgan fingerprint density at radius 1 is 0.914 bits per heavy atom. The molecule has 0 fully saturated rings. The number of anilines is 2. The Bertz CT molecular complexity index is 1180. The second kappa shape index (κ2) is 12.7. The first-order valence-electron chi connectivity index (χ1n) is 10.6. The van der Waals surface area contributed by atoms with Crippen molar-refractivity contribution < 1.29 is 28.6 Å². The Morgan fingerprint density at radius 2 is 1.60 bits per heavy atom. The molecule has 12 heteroatoms. The molecule has 0 saturated heterocycles. The van der Waals surface area contributed by atoms with Gasteiger partial charge in [0.25, 0.3) is 5.91 Å². The zero-order valence-corrected chi connectivity index (χ0v) is 21.0. The number of esters is 1. The number of nitrogens with one attached hydrogen (secondary N) is 2. The highest BCUT2D eigenvalue weighted by atomic mass is 32.2. The van der Waals surface area contributed by atoms with Crippen molar-refractivity contribution in [1.82, 2.24) is 10.2 Å². The first-order valence-corrected chi connectivity index (χ1v) is 12.4. The molecule has 184 valence electrons. The van der Waals surface area contributed by atoms with Gasteiger partial charge < -0.3 is 19.5 Å². The number of ether oxygens (including phenoxy) is 3. The number of nitrogens with zero attached hydrogens (tertiary/aromatic N) is 2. The van der Waals surface area contributed by atoms with Gasteiger partial charge in [0.05, 0.1) is 31.6 Å². The van der Waals surface area contributed by atoms with Crippen molar-refractivity contribution in [2.75, 3.05) is 36.7 Å². The molecule has 2 amide bonds. The first-order chi connectivity index (χ1) is 16.9. The molecule has 0 atom stereocenters. The minimum Gasteiger partial charge on any atom is -0.490 e. The predicted molar refractivity (Wildman–Crippen MR) is 134 cm³/mol. The van der Waals surface area contributed by atoms with Crippen LogP contribution in [-0.4, -0.2) is 54.1 Å². The third-order valence-corrected chi connectivity index (χ3v) is 6.32. The first kappa shape index (κ1) is 26.0. The number of benzene rings is 2. The van der Waals surface area contributed by atoms with Gasteiger partial charge >= 0.3 is 5.97 Å². The maximum Gasteiger partial charge on any atom is 0.337 e. The number of amides is 2. The minimum absolute atomic E-state index is 0.0952. The summed E-state index contributed by atoms with van der Waals surface area (Å²) in [6.07, 6.45) is 0. The summed E-state index contributed by atoms with van der Waals surface area (Å²) in [6.45, 7) is 4.64. The number of hydrogen-bond donors (Lipinski definition) is 2. The molecule has 0 spiro atoms. The number of methoxy groups -OCH3 is 1. The Kier molecular flexibility index (Phi) is 9.44. The SMILES string of the molecule is CCOc1ccc(C(=O)Nc2nnc(SCC(=O)Nc3ccc(C(=O)OC)cc3)s2)cc1OCC. The number of carbonyl (C=O) groups is 3. The molecule has 0 radical (unpaired) electrons. The lowest BCUT2D eigenvalue weighted by molar-refractivity contribution is -0.113. The highest BCUT2D eigenvalue weighted by molar-refractivity contribution is 8.01. The quantitative estimate of drug-likeness (QED) is 0.220. The van der Waals surface area contributed by atoms with E-state index in [1.807, 2.05) is 13.8 Å². The van der Waals surface area contributed by atoms with Crippen LogP contribution in [0.5, 0.6) is 11.5 Å². The third kappa shape index (κ3) is 7.42. The molecule has 2 aromatic carbocycles. The molecule has 0 unspecified atom stereocenters. The molecule has 0 aliphatic heterocycles. The van der Waals surface area contributed by atoms with Gasteiger partial charge in [-0.05, 0) is 56.3 Å². The maximum absolute atomic E-state index is 12.6. The summed E-state index contributed by atoms with van der Waals surface area (Å²) < 4.78 is 16.3. The van der Waals surface area contributed by atoms with E-state index in [0.29, 0.717) is 51.0 Å². The molecular weight excluding hydrogens is 492 g/mol. The molecule has 0 bridgehead atoms. The number of rotatable bonds is 11. The van der Waals surface area contributed by atoms with Crippen molar-refractivity contribution in [3.63, 3.8) is 0 Å². The standard InChI is InChI=1S/C23H24N4O6S2/c1-4-32-17-11-8-15(12-18(17)33-5-2)20(29)25-22-26-27-23(35-22)34-13-19(28)24-16-9-6-14(7-10-16)21(30)31-3/h6-12H,4-5,13H2,1-3H3,(H,24,28)(H,25,26,29). The van der Waals surface area contributed by atoms with E-state index in [1.54, 1.807) is 42.5 Å². The van der Waals surface area contributed by atoms with Crippen LogP contribution in [0.3, 0.4) is 0 Å². The van der Waals surface area contributed by atoms with E-state index in [9.17, 15) is 14.4 Å². The number of thioether (sulfide) groups is 1. The Balaban J connectivity index is 1.53. The van der Waals surface area contributed by atoms with Crippen LogP contribution in [-0.2, 0) is 9.53 Å². The van der Waals surface area contributed by atoms with E-state index in [-0.39, 0.29) is 17.6 Å². The highest BCUT2D eigenvalue weighted by Gasteiger charge is 2.15. The number of aromatic nitrogens is 2. The zero-order valence-electron chi connectivity index (χ0n) is 19.3. The lowest BCUT2D eigenvalue weighted by Crippen LogP contribution is -2.14. The lowest BCUT2D eigenvalue weighted by atomic mass is 10.2. The van der Waals surface area contributed by atoms with Gasteiger partial charge in [-0.1, -0.05) is 23.1 Å². The fourth-order valence-corrected chi connectivity index (χ4v) is 4.36. The van der Waals surface area contributed by atoms with Crippen LogP contribution in [0.15, 0.2) is 46.8 Å². The van der Waals surface area contributed by atoms with Gasteiger partial charge in [-0.2, -0.15) is 0 Å². The van der Waals surface area contributed by atoms with Crippen LogP contribution >= 0.6 is 23.1 Å². The van der Waals surface area contributed by atoms with Gasteiger partial charge in [-0.25, -0.2) is 4.79 Å². The van der Waals surface area contributed by atoms with Crippen LogP contribution in [0, 0.1) is 0 Å². The second-order valence-electron chi connectivity index (χ2n) is 6.76. The average Bonchev–Trinajstić information content (AvgIpc) is 3.31. The number of hydrogen-bond acceptors (Lipinski definition) is 10. The van der Waals surface area contributed by atoms with E-state index in [4.69, 9.17) is 9.47 Å². The van der Waals surface area contributed by atoms with Crippen LogP contribution in [0.4, 0.5) is 10.8 Å². The molecule has 2 N–H and O–H groups in total. The average molecular weight is 517 g/mol. The van der Waals surface area contributed by atoms with Gasteiger partial charge in [-0.3, -0.25) is 14.9 Å². The summed E-state index contributed by atoms with van der Waals surface area (Å²) in [5, 5.41) is 13.7. The van der Waals surface area contributed by atoms with Gasteiger partial charge in [-0.15, -0.1) is 10.2 Å². The Hall–Kier alpha value is -3.64. The summed E-state index contributed by atoms with van der Waals surface area (Å²) in [6, 6.07) is 11.3. The van der Waals surface area contributed by atoms with E-state index in [0.717, 1.165) is 11.3 Å². The Labute approximate surface area is 210 Å². The third-order valence-electron chi connectivity index (χ3n) is 4.35. The van der Waals surface area contributed by atoms with Gasteiger partial charge in [0.1, 0.15) is 0 Å². The van der Waals surface area contributed by atoms with Crippen molar-refractivity contribution in [3.05, 3.63) is 53.6 Å². The van der Waals surface area contributed by atoms with E-state index < -0.39 is 5.97 Å². The minimum atomic E-state index is -0.449. The van der Waals surface area contributed by atoms with E-state index in [1.165, 1.54) is 18.9 Å². The largest absolute Gasteiger partial charge is 0.490 e. The van der Waals surface area contributed by atoms with Crippen molar-refractivity contribution in [2.45, 2.75) is 18.2 Å². The monoisotopic (exact) mass is 516 g/mol. The van der Waals surface area contributed by atoms with Crippen LogP contribution < -0.4 is 20.1 Å². The van der Waals surface area contributed by atoms with Crippen LogP contribution in [0.1, 0.15) is 34.6 Å². The van der Waals surface area contributed by atoms with Crippen molar-refractivity contribution in [2.24, 2.45) is 0 Å². The fraction of sp³-hybridized carbons (Fsp3) is 0.261. The molecule has 10 nitrogen and oxygen atoms in total. The smallest absolute Gasteiger partial charge is 0.337 e. The summed E-state index contributed by atoms with van der Waals surface area (Å²) in [5.74, 6) is 0.0848. The van der Waals surface area contributed by atoms with Crippen molar-refractivity contribution >= 4 is 51.7 Å². The fourth-order valence-electron chi connectivity index (χ4n) is 2.81. The van der Waals surface area contributed by atoms with Gasteiger partial charge in [0, 0.05) is 11.3 Å². The van der Waals surface area contributed by atoms with Crippen molar-refractivity contribution in [3.8, 4) is 11.5 Å². The summed E-state index contributed by atoms with van der Waals surface area (Å²) >= 11 is 2.35. The Morgan fingerprint density at radius 3 is 2.29 bits per heavy atom. The summed E-state index contributed by atoms with van der Waals surface area (Å²) in [4.78, 5) is 36.3. The van der Waals surface area contributed by atoms with Crippen LogP contribution in [0.25, 0.3) is 0 Å². The number of carbonyl (C=O) groups excluding carboxylic acids is 3. The summed E-state index contributed by atoms with van der Waals surface area (Å²) in [7, 11) is 1.30. The normalized spacial score (nSPS) is 10.4. The molecule has 0 saturated carbocycles. The molecular formula is C23H24N4O6S2. The molecule has 3 rings (SSSR count). The molecule has 1 aromatic heterocycles. The molecule has 0 aliphatic carbocycles. The summed E-state index contributed by atoms with van der Waals surface area (Å²) in [5.41, 5.74) is 1.33. The molecule has 35 heavy (non-hydrogen) atoms. The second-order valence-corrected chi connectivity index (χ2v) is 8.96. The molecule has 1 heterocycles. The molecule has 3 aromatic rings. The van der Waals surface area contributed by atoms with Crippen LogP contribution in [0.2, 0.25) is 0 Å². The van der Waals surface area contributed by atoms with E-state index in [2.05, 4.69) is 25.6 Å². The molecule has 0 aliphatic rings. The predicted octanol–water partition coefficient (Wildman–Crippen LogP) is 4.11. The van der Waals surface area contributed by atoms with Crippen molar-refractivity contribution in [1.29, 1.82) is 0 Å². The zero-order chi connectivity index (χ0) is 25.2.